The molecule has 4 heterocycles. The van der Waals surface area contributed by atoms with Crippen LogP contribution in [-0.2, 0) is 23.9 Å². The van der Waals surface area contributed by atoms with Crippen molar-refractivity contribution in [3.8, 4) is 0 Å². The molecule has 2 aromatic heterocycles. The second kappa shape index (κ2) is 8.32. The minimum atomic E-state index is -0.0233. The first-order chi connectivity index (χ1) is 16.2. The average Bonchev–Trinajstić information content (AvgIpc) is 3.16. The Morgan fingerprint density at radius 3 is 2.68 bits per heavy atom. The molecule has 0 aliphatic carbocycles. The van der Waals surface area contributed by atoms with Gasteiger partial charge in [-0.15, -0.1) is 0 Å². The van der Waals surface area contributed by atoms with Gasteiger partial charge in [0.2, 0.25) is 5.95 Å². The standard InChI is InChI=1S/C27H35N7/c1-7-33-17-19-16-29-25(31-20-8-9-22-18(14-20)10-13-30-27(22,5)6)32-24(19)34(33)21-11-12-28-23(15-21)26(2,3)4/h8-9,11-12,14-16,30H,7,10,13,17H2,1-6H3,(H,29,31,32). The summed E-state index contributed by atoms with van der Waals surface area (Å²) < 4.78 is 0. The summed E-state index contributed by atoms with van der Waals surface area (Å²) in [6.07, 6.45) is 4.87. The third-order valence-corrected chi connectivity index (χ3v) is 6.80. The second-order valence-electron chi connectivity index (χ2n) is 10.8. The molecule has 7 nitrogen and oxygen atoms in total. The van der Waals surface area contributed by atoms with E-state index in [2.05, 4.69) is 102 Å². The molecular weight excluding hydrogens is 422 g/mol. The van der Waals surface area contributed by atoms with Crippen molar-refractivity contribution >= 4 is 23.1 Å². The largest absolute Gasteiger partial charge is 0.324 e. The number of nitrogens with zero attached hydrogens (tertiary/aromatic N) is 5. The minimum Gasteiger partial charge on any atom is -0.324 e. The Kier molecular flexibility index (Phi) is 5.57. The molecule has 0 unspecified atom stereocenters. The van der Waals surface area contributed by atoms with Crippen LogP contribution in [0.5, 0.6) is 0 Å². The van der Waals surface area contributed by atoms with Crippen molar-refractivity contribution in [2.75, 3.05) is 23.4 Å². The number of fused-ring (bicyclic) bond motifs is 2. The molecule has 2 aliphatic rings. The Morgan fingerprint density at radius 1 is 1.09 bits per heavy atom. The lowest BCUT2D eigenvalue weighted by molar-refractivity contribution is 0.307. The highest BCUT2D eigenvalue weighted by atomic mass is 15.7. The third-order valence-electron chi connectivity index (χ3n) is 6.80. The van der Waals surface area contributed by atoms with Gasteiger partial charge in [-0.25, -0.2) is 9.99 Å². The van der Waals surface area contributed by atoms with Crippen LogP contribution in [0.3, 0.4) is 0 Å². The van der Waals surface area contributed by atoms with Gasteiger partial charge >= 0.3 is 0 Å². The zero-order valence-electron chi connectivity index (χ0n) is 21.1. The van der Waals surface area contributed by atoms with Gasteiger partial charge in [0.05, 0.1) is 5.69 Å². The molecule has 178 valence electrons. The van der Waals surface area contributed by atoms with E-state index in [-0.39, 0.29) is 11.0 Å². The minimum absolute atomic E-state index is 0.00323. The molecule has 0 fully saturated rings. The van der Waals surface area contributed by atoms with E-state index in [0.29, 0.717) is 5.95 Å². The number of rotatable bonds is 4. The average molecular weight is 458 g/mol. The topological polar surface area (TPSA) is 69.2 Å². The van der Waals surface area contributed by atoms with Gasteiger partial charge in [-0.05, 0) is 62.2 Å². The van der Waals surface area contributed by atoms with Crippen molar-refractivity contribution in [1.82, 2.24) is 25.3 Å². The van der Waals surface area contributed by atoms with Crippen molar-refractivity contribution in [1.29, 1.82) is 0 Å². The predicted molar refractivity (Wildman–Crippen MR) is 138 cm³/mol. The van der Waals surface area contributed by atoms with Crippen molar-refractivity contribution in [2.45, 2.75) is 65.5 Å². The van der Waals surface area contributed by atoms with Gasteiger partial charge < -0.3 is 10.6 Å². The van der Waals surface area contributed by atoms with Gasteiger partial charge in [-0.1, -0.05) is 33.8 Å². The lowest BCUT2D eigenvalue weighted by Crippen LogP contribution is -2.42. The maximum Gasteiger partial charge on any atom is 0.229 e. The van der Waals surface area contributed by atoms with Crippen LogP contribution < -0.4 is 15.6 Å². The molecule has 1 aromatic carbocycles. The van der Waals surface area contributed by atoms with E-state index in [9.17, 15) is 0 Å². The Morgan fingerprint density at radius 2 is 1.91 bits per heavy atom. The Hall–Kier alpha value is -3.03. The zero-order valence-corrected chi connectivity index (χ0v) is 21.1. The molecule has 0 amide bonds. The Labute approximate surface area is 202 Å². The van der Waals surface area contributed by atoms with E-state index >= 15 is 0 Å². The maximum absolute atomic E-state index is 4.97. The number of benzene rings is 1. The van der Waals surface area contributed by atoms with Crippen LogP contribution in [0, 0.1) is 0 Å². The van der Waals surface area contributed by atoms with Crippen LogP contribution in [-0.4, -0.2) is 33.1 Å². The fourth-order valence-corrected chi connectivity index (χ4v) is 4.88. The highest BCUT2D eigenvalue weighted by Gasteiger charge is 2.31. The quantitative estimate of drug-likeness (QED) is 0.559. The monoisotopic (exact) mass is 457 g/mol. The zero-order chi connectivity index (χ0) is 24.1. The molecule has 0 saturated carbocycles. The first-order valence-corrected chi connectivity index (χ1v) is 12.2. The number of aromatic nitrogens is 3. The van der Waals surface area contributed by atoms with Crippen molar-refractivity contribution in [3.05, 3.63) is 65.1 Å². The van der Waals surface area contributed by atoms with E-state index in [1.807, 2.05) is 12.4 Å². The van der Waals surface area contributed by atoms with Crippen molar-refractivity contribution < 1.29 is 0 Å². The van der Waals surface area contributed by atoms with Gasteiger partial charge in [0.1, 0.15) is 0 Å². The normalized spacial score (nSPS) is 17.4. The van der Waals surface area contributed by atoms with Crippen LogP contribution in [0.2, 0.25) is 0 Å². The Balaban J connectivity index is 1.47. The summed E-state index contributed by atoms with van der Waals surface area (Å²) >= 11 is 0. The molecule has 0 radical (unpaired) electrons. The first-order valence-electron chi connectivity index (χ1n) is 12.2. The molecule has 7 heteroatoms. The number of anilines is 4. The summed E-state index contributed by atoms with van der Waals surface area (Å²) in [7, 11) is 0. The van der Waals surface area contributed by atoms with E-state index in [1.165, 1.54) is 11.1 Å². The van der Waals surface area contributed by atoms with Gasteiger partial charge in [-0.3, -0.25) is 9.99 Å². The summed E-state index contributed by atoms with van der Waals surface area (Å²) in [5.41, 5.74) is 6.99. The first kappa shape index (κ1) is 22.7. The molecule has 3 aromatic rings. The van der Waals surface area contributed by atoms with Crippen LogP contribution in [0.4, 0.5) is 23.1 Å². The molecule has 0 spiro atoms. The molecule has 0 bridgehead atoms. The summed E-state index contributed by atoms with van der Waals surface area (Å²) in [4.78, 5) is 14.2. The molecule has 0 atom stereocenters. The predicted octanol–water partition coefficient (Wildman–Crippen LogP) is 5.18. The fourth-order valence-electron chi connectivity index (χ4n) is 4.88. The lowest BCUT2D eigenvalue weighted by Gasteiger charge is -2.34. The highest BCUT2D eigenvalue weighted by Crippen LogP contribution is 2.38. The molecule has 0 saturated heterocycles. The van der Waals surface area contributed by atoms with Crippen LogP contribution in [0.1, 0.15) is 63.9 Å². The molecular formula is C27H35N7. The summed E-state index contributed by atoms with van der Waals surface area (Å²) in [5.74, 6) is 1.54. The van der Waals surface area contributed by atoms with Crippen LogP contribution >= 0.6 is 0 Å². The molecule has 34 heavy (non-hydrogen) atoms. The second-order valence-corrected chi connectivity index (χ2v) is 10.8. The third kappa shape index (κ3) is 4.14. The number of hydrogen-bond acceptors (Lipinski definition) is 7. The highest BCUT2D eigenvalue weighted by molar-refractivity contribution is 5.67. The number of hydrazine groups is 1. The lowest BCUT2D eigenvalue weighted by atomic mass is 9.85. The van der Waals surface area contributed by atoms with E-state index in [4.69, 9.17) is 4.98 Å². The summed E-state index contributed by atoms with van der Waals surface area (Å²) in [5, 5.41) is 11.5. The van der Waals surface area contributed by atoms with E-state index in [0.717, 1.165) is 54.5 Å². The Bertz CT molecular complexity index is 1210. The molecule has 5 rings (SSSR count). The molecule has 2 N–H and O–H groups in total. The van der Waals surface area contributed by atoms with Gasteiger partial charge in [0.25, 0.3) is 0 Å². The van der Waals surface area contributed by atoms with Crippen LogP contribution in [0.15, 0.2) is 42.7 Å². The number of nitrogens with one attached hydrogen (secondary N) is 2. The van der Waals surface area contributed by atoms with Crippen molar-refractivity contribution in [3.63, 3.8) is 0 Å². The van der Waals surface area contributed by atoms with Gasteiger partial charge in [-0.2, -0.15) is 4.98 Å². The SMILES string of the molecule is CCN1Cc2cnc(Nc3ccc4c(c3)CCNC4(C)C)nc2N1c1ccnc(C(C)(C)C)c1. The van der Waals surface area contributed by atoms with E-state index in [1.54, 1.807) is 0 Å². The van der Waals surface area contributed by atoms with Crippen LogP contribution in [0.25, 0.3) is 0 Å². The van der Waals surface area contributed by atoms with Gasteiger partial charge in [0, 0.05) is 53.4 Å². The maximum atomic E-state index is 4.97. The number of hydrogen-bond donors (Lipinski definition) is 2. The number of pyridine rings is 1. The summed E-state index contributed by atoms with van der Waals surface area (Å²) in [6.45, 7) is 15.9. The molecule has 2 aliphatic heterocycles. The smallest absolute Gasteiger partial charge is 0.229 e. The van der Waals surface area contributed by atoms with Crippen molar-refractivity contribution in [2.24, 2.45) is 0 Å². The van der Waals surface area contributed by atoms with E-state index < -0.39 is 0 Å². The van der Waals surface area contributed by atoms with Gasteiger partial charge in [0.15, 0.2) is 5.82 Å². The summed E-state index contributed by atoms with van der Waals surface area (Å²) in [6, 6.07) is 10.8. The fraction of sp³-hybridized carbons (Fsp3) is 0.444.